The minimum atomic E-state index is -0.737. The molecule has 0 N–H and O–H groups in total. The number of esters is 1. The maximum absolute atomic E-state index is 12.8. The van der Waals surface area contributed by atoms with E-state index in [4.69, 9.17) is 14.2 Å². The maximum Gasteiger partial charge on any atom is 0.303 e. The van der Waals surface area contributed by atoms with Crippen LogP contribution in [0.5, 0.6) is 0 Å². The lowest BCUT2D eigenvalue weighted by atomic mass is 9.60. The zero-order valence-corrected chi connectivity index (χ0v) is 18.4. The summed E-state index contributed by atoms with van der Waals surface area (Å²) in [6, 6.07) is 8.45. The summed E-state index contributed by atoms with van der Waals surface area (Å²) >= 11 is 0. The average Bonchev–Trinajstić information content (AvgIpc) is 2.72. The second kappa shape index (κ2) is 9.61. The Labute approximate surface area is 179 Å². The van der Waals surface area contributed by atoms with E-state index in [1.54, 1.807) is 7.11 Å². The highest BCUT2D eigenvalue weighted by molar-refractivity contribution is 5.94. The van der Waals surface area contributed by atoms with Crippen LogP contribution in [0.25, 0.3) is 0 Å². The van der Waals surface area contributed by atoms with Crippen LogP contribution in [0, 0.1) is 11.3 Å². The van der Waals surface area contributed by atoms with Crippen LogP contribution in [-0.2, 0) is 36.8 Å². The van der Waals surface area contributed by atoms with E-state index in [0.29, 0.717) is 18.8 Å². The third-order valence-corrected chi connectivity index (χ3v) is 6.29. The largest absolute Gasteiger partial charge is 0.498 e. The molecule has 5 heteroatoms. The first kappa shape index (κ1) is 22.3. The van der Waals surface area contributed by atoms with E-state index < -0.39 is 17.6 Å². The van der Waals surface area contributed by atoms with Gasteiger partial charge < -0.3 is 14.2 Å². The molecule has 162 valence electrons. The zero-order valence-electron chi connectivity index (χ0n) is 18.4. The standard InChI is InChI=1S/C25H32O5/c1-5-6-8-18-11-13-19(14-12-18)16-29-24-22(28-4)15-21(27)20-9-7-10-23(25(20,24)3)30-17(2)26/h7,10-15,20,23-24H,5-6,8-9,16H2,1-4H3/t20-,23-,24+,25+/m1/s1. The van der Waals surface area contributed by atoms with Gasteiger partial charge >= 0.3 is 5.97 Å². The summed E-state index contributed by atoms with van der Waals surface area (Å²) in [5, 5.41) is 0. The number of methoxy groups -OCH3 is 1. The average molecular weight is 413 g/mol. The van der Waals surface area contributed by atoms with E-state index in [2.05, 4.69) is 31.2 Å². The monoisotopic (exact) mass is 412 g/mol. The van der Waals surface area contributed by atoms with Gasteiger partial charge in [0, 0.05) is 18.9 Å². The highest BCUT2D eigenvalue weighted by Gasteiger charge is 2.56. The second-order valence-electron chi connectivity index (χ2n) is 8.38. The molecule has 0 saturated carbocycles. The summed E-state index contributed by atoms with van der Waals surface area (Å²) < 4.78 is 17.5. The third kappa shape index (κ3) is 4.51. The molecule has 4 atom stereocenters. The number of rotatable bonds is 8. The second-order valence-corrected chi connectivity index (χ2v) is 8.38. The number of ketones is 1. The fourth-order valence-electron chi connectivity index (χ4n) is 4.51. The molecule has 0 bridgehead atoms. The zero-order chi connectivity index (χ0) is 21.7. The number of hydrogen-bond donors (Lipinski definition) is 0. The summed E-state index contributed by atoms with van der Waals surface area (Å²) in [6.45, 7) is 5.91. The molecule has 0 aliphatic heterocycles. The van der Waals surface area contributed by atoms with Crippen molar-refractivity contribution in [3.05, 3.63) is 59.4 Å². The number of unbranched alkanes of at least 4 members (excludes halogenated alkanes) is 1. The summed E-state index contributed by atoms with van der Waals surface area (Å²) in [4.78, 5) is 24.5. The lowest BCUT2D eigenvalue weighted by molar-refractivity contribution is -0.171. The van der Waals surface area contributed by atoms with Crippen molar-refractivity contribution >= 4 is 11.8 Å². The van der Waals surface area contributed by atoms with Gasteiger partial charge in [0.15, 0.2) is 5.78 Å². The molecule has 0 unspecified atom stereocenters. The Bertz CT molecular complexity index is 822. The van der Waals surface area contributed by atoms with Crippen molar-refractivity contribution in [1.29, 1.82) is 0 Å². The number of carbonyl (C=O) groups is 2. The molecule has 5 nitrogen and oxygen atoms in total. The van der Waals surface area contributed by atoms with Gasteiger partial charge in [-0.05, 0) is 36.5 Å². The summed E-state index contributed by atoms with van der Waals surface area (Å²) in [6.07, 6.45) is 8.28. The fraction of sp³-hybridized carbons (Fsp3) is 0.520. The smallest absolute Gasteiger partial charge is 0.303 e. The predicted molar refractivity (Wildman–Crippen MR) is 115 cm³/mol. The first-order chi connectivity index (χ1) is 14.4. The highest BCUT2D eigenvalue weighted by atomic mass is 16.6. The normalized spacial score (nSPS) is 27.9. The molecular weight excluding hydrogens is 380 g/mol. The SMILES string of the molecule is CCCCc1ccc(CO[C@H]2C(OC)=CC(=O)[C@H]3CC=C[C@@H](OC(C)=O)[C@]32C)cc1. The minimum Gasteiger partial charge on any atom is -0.498 e. The number of hydrogen-bond acceptors (Lipinski definition) is 5. The van der Waals surface area contributed by atoms with Gasteiger partial charge in [-0.25, -0.2) is 0 Å². The molecule has 0 heterocycles. The van der Waals surface area contributed by atoms with E-state index in [9.17, 15) is 9.59 Å². The van der Waals surface area contributed by atoms with Crippen molar-refractivity contribution in [3.63, 3.8) is 0 Å². The molecule has 2 aliphatic rings. The molecule has 0 radical (unpaired) electrons. The molecule has 0 spiro atoms. The molecule has 1 aromatic rings. The molecule has 0 aromatic heterocycles. The number of aryl methyl sites for hydroxylation is 1. The van der Waals surface area contributed by atoms with Gasteiger partial charge in [0.2, 0.25) is 0 Å². The van der Waals surface area contributed by atoms with Gasteiger partial charge in [-0.1, -0.05) is 50.6 Å². The van der Waals surface area contributed by atoms with Gasteiger partial charge in [-0.15, -0.1) is 0 Å². The number of allylic oxidation sites excluding steroid dienone is 2. The Morgan fingerprint density at radius 2 is 1.90 bits per heavy atom. The molecular formula is C25H32O5. The number of carbonyl (C=O) groups excluding carboxylic acids is 2. The number of ether oxygens (including phenoxy) is 3. The minimum absolute atomic E-state index is 0.0176. The van der Waals surface area contributed by atoms with Crippen molar-refractivity contribution < 1.29 is 23.8 Å². The lowest BCUT2D eigenvalue weighted by Gasteiger charge is -2.49. The number of fused-ring (bicyclic) bond motifs is 1. The first-order valence-corrected chi connectivity index (χ1v) is 10.7. The van der Waals surface area contributed by atoms with Crippen LogP contribution in [0.2, 0.25) is 0 Å². The highest BCUT2D eigenvalue weighted by Crippen LogP contribution is 2.49. The van der Waals surface area contributed by atoms with E-state index in [1.165, 1.54) is 31.4 Å². The summed E-state index contributed by atoms with van der Waals surface area (Å²) in [7, 11) is 1.54. The predicted octanol–water partition coefficient (Wildman–Crippen LogP) is 4.54. The number of benzene rings is 1. The van der Waals surface area contributed by atoms with Crippen LogP contribution in [0.1, 0.15) is 51.2 Å². The van der Waals surface area contributed by atoms with Crippen molar-refractivity contribution in [3.8, 4) is 0 Å². The molecule has 0 amide bonds. The van der Waals surface area contributed by atoms with E-state index in [1.807, 2.05) is 19.1 Å². The third-order valence-electron chi connectivity index (χ3n) is 6.29. The Morgan fingerprint density at radius 1 is 1.20 bits per heavy atom. The first-order valence-electron chi connectivity index (χ1n) is 10.7. The maximum atomic E-state index is 12.8. The van der Waals surface area contributed by atoms with Crippen molar-refractivity contribution in [2.45, 2.75) is 65.3 Å². The van der Waals surface area contributed by atoms with Crippen LogP contribution < -0.4 is 0 Å². The van der Waals surface area contributed by atoms with Crippen LogP contribution in [-0.4, -0.2) is 31.1 Å². The molecule has 1 aromatic carbocycles. The molecule has 2 aliphatic carbocycles. The summed E-state index contributed by atoms with van der Waals surface area (Å²) in [5.74, 6) is -0.247. The quantitative estimate of drug-likeness (QED) is 0.463. The van der Waals surface area contributed by atoms with Crippen molar-refractivity contribution in [2.75, 3.05) is 7.11 Å². The lowest BCUT2D eigenvalue weighted by Crippen LogP contribution is -2.56. The Kier molecular flexibility index (Phi) is 7.14. The van der Waals surface area contributed by atoms with Gasteiger partial charge in [0.05, 0.1) is 19.1 Å². The van der Waals surface area contributed by atoms with Gasteiger partial charge in [0.1, 0.15) is 18.0 Å². The summed E-state index contributed by atoms with van der Waals surface area (Å²) in [5.41, 5.74) is 1.64. The van der Waals surface area contributed by atoms with Crippen LogP contribution in [0.4, 0.5) is 0 Å². The molecule has 0 saturated heterocycles. The Hall–Kier alpha value is -2.40. The Balaban J connectivity index is 1.84. The topological polar surface area (TPSA) is 61.8 Å². The molecule has 30 heavy (non-hydrogen) atoms. The van der Waals surface area contributed by atoms with Crippen molar-refractivity contribution in [1.82, 2.24) is 0 Å². The Morgan fingerprint density at radius 3 is 2.53 bits per heavy atom. The fourth-order valence-corrected chi connectivity index (χ4v) is 4.51. The van der Waals surface area contributed by atoms with Gasteiger partial charge in [-0.2, -0.15) is 0 Å². The van der Waals surface area contributed by atoms with Crippen LogP contribution in [0.3, 0.4) is 0 Å². The van der Waals surface area contributed by atoms with Gasteiger partial charge in [0.25, 0.3) is 0 Å². The molecule has 0 fully saturated rings. The van der Waals surface area contributed by atoms with Crippen molar-refractivity contribution in [2.24, 2.45) is 11.3 Å². The molecule has 3 rings (SSSR count). The van der Waals surface area contributed by atoms with E-state index >= 15 is 0 Å². The van der Waals surface area contributed by atoms with E-state index in [0.717, 1.165) is 12.0 Å². The van der Waals surface area contributed by atoms with Crippen LogP contribution in [0.15, 0.2) is 48.3 Å². The van der Waals surface area contributed by atoms with E-state index in [-0.39, 0.29) is 17.7 Å². The van der Waals surface area contributed by atoms with Gasteiger partial charge in [-0.3, -0.25) is 9.59 Å². The van der Waals surface area contributed by atoms with Crippen LogP contribution >= 0.6 is 0 Å².